The molecule has 0 radical (unpaired) electrons. The Morgan fingerprint density at radius 3 is 3.05 bits per heavy atom. The number of carbonyl (C=O) groups is 1. The Morgan fingerprint density at radius 1 is 1.43 bits per heavy atom. The van der Waals surface area contributed by atoms with Gasteiger partial charge in [0.05, 0.1) is 23.6 Å². The van der Waals surface area contributed by atoms with E-state index in [4.69, 9.17) is 4.74 Å². The van der Waals surface area contributed by atoms with Gasteiger partial charge in [-0.1, -0.05) is 22.4 Å². The summed E-state index contributed by atoms with van der Waals surface area (Å²) in [5.41, 5.74) is 1.42. The van der Waals surface area contributed by atoms with Crippen molar-refractivity contribution in [3.63, 3.8) is 0 Å². The van der Waals surface area contributed by atoms with Crippen molar-refractivity contribution in [2.75, 3.05) is 18.5 Å². The number of fused-ring (bicyclic) bond motifs is 1. The van der Waals surface area contributed by atoms with Crippen LogP contribution >= 0.6 is 27.3 Å². The van der Waals surface area contributed by atoms with Crippen molar-refractivity contribution in [2.45, 2.75) is 51.2 Å². The van der Waals surface area contributed by atoms with Crippen LogP contribution in [0.15, 0.2) is 6.07 Å². The zero-order valence-corrected chi connectivity index (χ0v) is 14.8. The molecule has 0 saturated carbocycles. The van der Waals surface area contributed by atoms with Gasteiger partial charge in [0.25, 0.3) is 5.91 Å². The maximum absolute atomic E-state index is 12.8. The monoisotopic (exact) mass is 371 g/mol. The second kappa shape index (κ2) is 6.80. The molecular weight excluding hydrogens is 350 g/mol. The summed E-state index contributed by atoms with van der Waals surface area (Å²) in [5, 5.41) is 0.782. The first-order valence-corrected chi connectivity index (χ1v) is 9.73. The summed E-state index contributed by atoms with van der Waals surface area (Å²) >= 11 is 5.18. The maximum atomic E-state index is 12.8. The van der Waals surface area contributed by atoms with Gasteiger partial charge in [0.2, 0.25) is 0 Å². The summed E-state index contributed by atoms with van der Waals surface area (Å²) in [6, 6.07) is 2.31. The van der Waals surface area contributed by atoms with Crippen LogP contribution in [-0.2, 0) is 17.6 Å². The van der Waals surface area contributed by atoms with E-state index in [1.807, 2.05) is 4.90 Å². The first-order chi connectivity index (χ1) is 10.2. The molecule has 2 aliphatic rings. The highest BCUT2D eigenvalue weighted by Gasteiger charge is 2.31. The van der Waals surface area contributed by atoms with Gasteiger partial charge in [0, 0.05) is 16.8 Å². The third-order valence-corrected chi connectivity index (χ3v) is 6.34. The van der Waals surface area contributed by atoms with Gasteiger partial charge < -0.3 is 9.64 Å². The zero-order valence-electron chi connectivity index (χ0n) is 12.4. The van der Waals surface area contributed by atoms with Gasteiger partial charge in [0.1, 0.15) is 0 Å². The second-order valence-electron chi connectivity index (χ2n) is 6.04. The van der Waals surface area contributed by atoms with Gasteiger partial charge in [-0.3, -0.25) is 4.79 Å². The summed E-state index contributed by atoms with van der Waals surface area (Å²) in [5.74, 6) is 0.190. The molecule has 1 amide bonds. The Morgan fingerprint density at radius 2 is 2.24 bits per heavy atom. The summed E-state index contributed by atoms with van der Waals surface area (Å²) in [7, 11) is 0. The number of amides is 1. The van der Waals surface area contributed by atoms with Crippen LogP contribution in [0.4, 0.5) is 0 Å². The van der Waals surface area contributed by atoms with Crippen molar-refractivity contribution in [2.24, 2.45) is 0 Å². The third kappa shape index (κ3) is 3.35. The molecule has 2 unspecified atom stereocenters. The Labute approximate surface area is 138 Å². The van der Waals surface area contributed by atoms with Crippen molar-refractivity contribution < 1.29 is 9.53 Å². The Kier molecular flexibility index (Phi) is 5.02. The van der Waals surface area contributed by atoms with Crippen molar-refractivity contribution in [3.05, 3.63) is 21.4 Å². The smallest absolute Gasteiger partial charge is 0.264 e. The van der Waals surface area contributed by atoms with E-state index < -0.39 is 0 Å². The molecular formula is C16H22BrNO2S. The highest BCUT2D eigenvalue weighted by molar-refractivity contribution is 9.09. The van der Waals surface area contributed by atoms with Crippen molar-refractivity contribution >= 4 is 33.2 Å². The highest BCUT2D eigenvalue weighted by Crippen LogP contribution is 2.30. The number of thiophene rings is 1. The van der Waals surface area contributed by atoms with Crippen LogP contribution < -0.4 is 0 Å². The maximum Gasteiger partial charge on any atom is 0.264 e. The molecule has 0 spiro atoms. The van der Waals surface area contributed by atoms with Crippen LogP contribution in [0.5, 0.6) is 0 Å². The van der Waals surface area contributed by atoms with Crippen LogP contribution in [-0.4, -0.2) is 41.4 Å². The standard InChI is InChI=1S/C16H22BrNO2S/c1-11-10-20-13(8-17)9-18(11)16(19)15-7-12-5-3-2-4-6-14(12)21-15/h7,11,13H,2-6,8-10H2,1H3. The number of ether oxygens (including phenoxy) is 1. The number of rotatable bonds is 2. The fourth-order valence-electron chi connectivity index (χ4n) is 3.11. The van der Waals surface area contributed by atoms with Crippen LogP contribution in [0.2, 0.25) is 0 Å². The second-order valence-corrected chi connectivity index (χ2v) is 7.82. The molecule has 116 valence electrons. The van der Waals surface area contributed by atoms with Gasteiger partial charge in [-0.25, -0.2) is 0 Å². The minimum absolute atomic E-state index is 0.114. The van der Waals surface area contributed by atoms with E-state index in [9.17, 15) is 4.79 Å². The molecule has 0 bridgehead atoms. The number of hydrogen-bond acceptors (Lipinski definition) is 3. The molecule has 2 atom stereocenters. The molecule has 1 aromatic heterocycles. The molecule has 1 aromatic rings. The topological polar surface area (TPSA) is 29.5 Å². The molecule has 0 N–H and O–H groups in total. The molecule has 3 rings (SSSR count). The van der Waals surface area contributed by atoms with Gasteiger partial charge >= 0.3 is 0 Å². The fourth-order valence-corrected chi connectivity index (χ4v) is 4.71. The first-order valence-electron chi connectivity index (χ1n) is 7.79. The average molecular weight is 372 g/mol. The van der Waals surface area contributed by atoms with Crippen molar-refractivity contribution in [1.29, 1.82) is 0 Å². The fraction of sp³-hybridized carbons (Fsp3) is 0.688. The quantitative estimate of drug-likeness (QED) is 0.586. The number of morpholine rings is 1. The molecule has 1 saturated heterocycles. The summed E-state index contributed by atoms with van der Waals surface area (Å²) in [6.07, 6.45) is 6.25. The van der Waals surface area contributed by atoms with E-state index in [0.717, 1.165) is 23.0 Å². The molecule has 5 heteroatoms. The van der Waals surface area contributed by atoms with Crippen LogP contribution in [0, 0.1) is 0 Å². The Hall–Kier alpha value is -0.390. The first kappa shape index (κ1) is 15.5. The van der Waals surface area contributed by atoms with Crippen LogP contribution in [0.3, 0.4) is 0 Å². The third-order valence-electron chi connectivity index (χ3n) is 4.40. The predicted octanol–water partition coefficient (Wildman–Crippen LogP) is 3.64. The van der Waals surface area contributed by atoms with E-state index in [1.54, 1.807) is 11.3 Å². The average Bonchev–Trinajstić information content (AvgIpc) is 2.78. The van der Waals surface area contributed by atoms with Crippen LogP contribution in [0.1, 0.15) is 46.3 Å². The number of alkyl halides is 1. The predicted molar refractivity (Wildman–Crippen MR) is 89.6 cm³/mol. The normalized spacial score (nSPS) is 26.3. The molecule has 1 aliphatic heterocycles. The number of aryl methyl sites for hydroxylation is 2. The molecule has 1 aliphatic carbocycles. The lowest BCUT2D eigenvalue weighted by Gasteiger charge is -2.37. The van der Waals surface area contributed by atoms with E-state index in [1.165, 1.54) is 29.7 Å². The van der Waals surface area contributed by atoms with Gasteiger partial charge in [-0.05, 0) is 44.2 Å². The van der Waals surface area contributed by atoms with E-state index in [0.29, 0.717) is 13.2 Å². The van der Waals surface area contributed by atoms with Crippen LogP contribution in [0.25, 0.3) is 0 Å². The van der Waals surface area contributed by atoms with Gasteiger partial charge in [0.15, 0.2) is 0 Å². The lowest BCUT2D eigenvalue weighted by molar-refractivity contribution is -0.0359. The van der Waals surface area contributed by atoms with Crippen molar-refractivity contribution in [3.8, 4) is 0 Å². The van der Waals surface area contributed by atoms with E-state index in [2.05, 4.69) is 28.9 Å². The molecule has 1 fully saturated rings. The van der Waals surface area contributed by atoms with Gasteiger partial charge in [-0.15, -0.1) is 11.3 Å². The lowest BCUT2D eigenvalue weighted by atomic mass is 10.1. The number of nitrogens with zero attached hydrogens (tertiary/aromatic N) is 1. The number of hydrogen-bond donors (Lipinski definition) is 0. The molecule has 2 heterocycles. The van der Waals surface area contributed by atoms with Crippen molar-refractivity contribution in [1.82, 2.24) is 4.90 Å². The molecule has 3 nitrogen and oxygen atoms in total. The minimum Gasteiger partial charge on any atom is -0.373 e. The SMILES string of the molecule is CC1COC(CBr)CN1C(=O)c1cc2c(s1)CCCCC2. The Bertz CT molecular complexity index is 493. The summed E-state index contributed by atoms with van der Waals surface area (Å²) < 4.78 is 5.72. The zero-order chi connectivity index (χ0) is 14.8. The number of halogens is 1. The summed E-state index contributed by atoms with van der Waals surface area (Å²) in [6.45, 7) is 3.39. The lowest BCUT2D eigenvalue weighted by Crippen LogP contribution is -2.51. The van der Waals surface area contributed by atoms with E-state index in [-0.39, 0.29) is 18.1 Å². The number of carbonyl (C=O) groups excluding carboxylic acids is 1. The highest BCUT2D eigenvalue weighted by atomic mass is 79.9. The molecule has 21 heavy (non-hydrogen) atoms. The summed E-state index contributed by atoms with van der Waals surface area (Å²) in [4.78, 5) is 17.2. The Balaban J connectivity index is 1.78. The molecule has 0 aromatic carbocycles. The minimum atomic E-state index is 0.114. The largest absolute Gasteiger partial charge is 0.373 e. The van der Waals surface area contributed by atoms with E-state index >= 15 is 0 Å². The van der Waals surface area contributed by atoms with Gasteiger partial charge in [-0.2, -0.15) is 0 Å².